The molecule has 0 radical (unpaired) electrons. The van der Waals surface area contributed by atoms with Crippen LogP contribution in [0.4, 0.5) is 0 Å². The number of morpholine rings is 1. The van der Waals surface area contributed by atoms with Gasteiger partial charge >= 0.3 is 0 Å². The minimum absolute atomic E-state index is 0.325. The quantitative estimate of drug-likeness (QED) is 0.515. The summed E-state index contributed by atoms with van der Waals surface area (Å²) in [4.78, 5) is 7.03. The van der Waals surface area contributed by atoms with Crippen molar-refractivity contribution in [2.75, 3.05) is 39.6 Å². The Kier molecular flexibility index (Phi) is 7.84. The number of aliphatic imine (C=N–C) groups is 1. The summed E-state index contributed by atoms with van der Waals surface area (Å²) < 4.78 is 28.6. The highest BCUT2D eigenvalue weighted by molar-refractivity contribution is 7.90. The first kappa shape index (κ1) is 22.3. The van der Waals surface area contributed by atoms with Crippen molar-refractivity contribution in [3.8, 4) is 0 Å². The van der Waals surface area contributed by atoms with E-state index in [9.17, 15) is 8.42 Å². The van der Waals surface area contributed by atoms with Crippen LogP contribution < -0.4 is 10.6 Å². The van der Waals surface area contributed by atoms with Gasteiger partial charge in [0.15, 0.2) is 15.8 Å². The summed E-state index contributed by atoms with van der Waals surface area (Å²) in [5, 5.41) is 6.65. The first-order valence-corrected chi connectivity index (χ1v) is 12.0. The van der Waals surface area contributed by atoms with Crippen molar-refractivity contribution in [3.63, 3.8) is 0 Å². The Hall–Kier alpha value is -2.42. The molecule has 0 bridgehead atoms. The van der Waals surface area contributed by atoms with Crippen LogP contribution in [0, 0.1) is 0 Å². The van der Waals surface area contributed by atoms with Gasteiger partial charge in [0.1, 0.15) is 0 Å². The zero-order valence-corrected chi connectivity index (χ0v) is 18.4. The Morgan fingerprint density at radius 3 is 2.27 bits per heavy atom. The molecule has 0 unspecified atom stereocenters. The maximum Gasteiger partial charge on any atom is 0.191 e. The zero-order chi connectivity index (χ0) is 21.4. The first-order valence-electron chi connectivity index (χ1n) is 10.1. The Balaban J connectivity index is 1.54. The van der Waals surface area contributed by atoms with E-state index in [1.54, 1.807) is 19.2 Å². The third-order valence-electron chi connectivity index (χ3n) is 5.10. The first-order chi connectivity index (χ1) is 14.5. The summed E-state index contributed by atoms with van der Waals surface area (Å²) in [6, 6.07) is 15.3. The number of guanidine groups is 1. The molecule has 0 aromatic heterocycles. The van der Waals surface area contributed by atoms with Gasteiger partial charge in [-0.25, -0.2) is 8.42 Å². The number of rotatable bonds is 7. The monoisotopic (exact) mass is 430 g/mol. The molecule has 0 spiro atoms. The summed E-state index contributed by atoms with van der Waals surface area (Å²) in [6.07, 6.45) is 1.21. The minimum atomic E-state index is -3.18. The fourth-order valence-corrected chi connectivity index (χ4v) is 3.95. The predicted octanol–water partition coefficient (Wildman–Crippen LogP) is 1.79. The van der Waals surface area contributed by atoms with Crippen LogP contribution in [0.2, 0.25) is 0 Å². The van der Waals surface area contributed by atoms with Gasteiger partial charge in [-0.3, -0.25) is 9.89 Å². The lowest BCUT2D eigenvalue weighted by Gasteiger charge is -2.27. The SMILES string of the molecule is CN=C(NCc1ccc(S(C)(=O)=O)cc1)NCc1ccccc1CN1CCOCC1. The molecule has 2 aromatic carbocycles. The molecule has 2 N–H and O–H groups in total. The molecular weight excluding hydrogens is 400 g/mol. The van der Waals surface area contributed by atoms with Crippen LogP contribution in [0.3, 0.4) is 0 Å². The Morgan fingerprint density at radius 1 is 1.00 bits per heavy atom. The van der Waals surface area contributed by atoms with Crippen LogP contribution in [0.25, 0.3) is 0 Å². The third-order valence-corrected chi connectivity index (χ3v) is 6.23. The molecule has 8 heteroatoms. The second-order valence-electron chi connectivity index (χ2n) is 7.35. The number of benzene rings is 2. The van der Waals surface area contributed by atoms with E-state index in [1.807, 2.05) is 12.1 Å². The average molecular weight is 431 g/mol. The van der Waals surface area contributed by atoms with Gasteiger partial charge in [-0.05, 0) is 28.8 Å². The van der Waals surface area contributed by atoms with Crippen LogP contribution in [-0.2, 0) is 34.2 Å². The molecule has 0 aliphatic carbocycles. The summed E-state index contributed by atoms with van der Waals surface area (Å²) in [5.41, 5.74) is 3.53. The van der Waals surface area contributed by atoms with E-state index in [-0.39, 0.29) is 0 Å². The maximum atomic E-state index is 11.6. The van der Waals surface area contributed by atoms with Crippen molar-refractivity contribution in [1.82, 2.24) is 15.5 Å². The van der Waals surface area contributed by atoms with E-state index in [0.717, 1.165) is 38.4 Å². The van der Waals surface area contributed by atoms with Gasteiger partial charge in [-0.2, -0.15) is 0 Å². The average Bonchev–Trinajstić information content (AvgIpc) is 2.75. The number of sulfone groups is 1. The third kappa shape index (κ3) is 6.55. The summed E-state index contributed by atoms with van der Waals surface area (Å²) in [5.74, 6) is 0.698. The number of nitrogens with one attached hydrogen (secondary N) is 2. The number of hydrogen-bond acceptors (Lipinski definition) is 5. The van der Waals surface area contributed by atoms with Gasteiger partial charge in [0.25, 0.3) is 0 Å². The molecule has 0 amide bonds. The van der Waals surface area contributed by atoms with Gasteiger partial charge < -0.3 is 15.4 Å². The highest BCUT2D eigenvalue weighted by Gasteiger charge is 2.13. The van der Waals surface area contributed by atoms with Gasteiger partial charge in [-0.15, -0.1) is 0 Å². The molecule has 30 heavy (non-hydrogen) atoms. The summed E-state index contributed by atoms with van der Waals surface area (Å²) in [6.45, 7) is 5.66. The fraction of sp³-hybridized carbons (Fsp3) is 0.409. The van der Waals surface area contributed by atoms with Crippen LogP contribution in [0.1, 0.15) is 16.7 Å². The van der Waals surface area contributed by atoms with E-state index in [2.05, 4.69) is 44.8 Å². The molecule has 0 saturated carbocycles. The number of hydrogen-bond donors (Lipinski definition) is 2. The van der Waals surface area contributed by atoms with Crippen molar-refractivity contribution in [1.29, 1.82) is 0 Å². The number of nitrogens with zero attached hydrogens (tertiary/aromatic N) is 2. The lowest BCUT2D eigenvalue weighted by Crippen LogP contribution is -2.37. The van der Waals surface area contributed by atoms with Gasteiger partial charge in [0, 0.05) is 46.0 Å². The molecule has 1 aliphatic heterocycles. The van der Waals surface area contributed by atoms with E-state index < -0.39 is 9.84 Å². The molecule has 162 valence electrons. The normalized spacial score (nSPS) is 15.7. The summed E-state index contributed by atoms with van der Waals surface area (Å²) >= 11 is 0. The maximum absolute atomic E-state index is 11.6. The van der Waals surface area contributed by atoms with Crippen molar-refractivity contribution >= 4 is 15.8 Å². The van der Waals surface area contributed by atoms with Crippen molar-refractivity contribution < 1.29 is 13.2 Å². The van der Waals surface area contributed by atoms with Crippen LogP contribution in [0.15, 0.2) is 58.4 Å². The molecular formula is C22H30N4O3S. The fourth-order valence-electron chi connectivity index (χ4n) is 3.32. The van der Waals surface area contributed by atoms with Crippen LogP contribution in [0.5, 0.6) is 0 Å². The Morgan fingerprint density at radius 2 is 1.63 bits per heavy atom. The van der Waals surface area contributed by atoms with Gasteiger partial charge in [0.2, 0.25) is 0 Å². The molecule has 3 rings (SSSR count). The van der Waals surface area contributed by atoms with Gasteiger partial charge in [0.05, 0.1) is 18.1 Å². The van der Waals surface area contributed by atoms with E-state index in [0.29, 0.717) is 23.9 Å². The Labute approximate surface area is 179 Å². The largest absolute Gasteiger partial charge is 0.379 e. The second kappa shape index (κ2) is 10.6. The van der Waals surface area contributed by atoms with Crippen molar-refractivity contribution in [2.24, 2.45) is 4.99 Å². The minimum Gasteiger partial charge on any atom is -0.379 e. The van der Waals surface area contributed by atoms with E-state index in [4.69, 9.17) is 4.74 Å². The molecule has 0 atom stereocenters. The number of ether oxygens (including phenoxy) is 1. The predicted molar refractivity (Wildman–Crippen MR) is 119 cm³/mol. The molecule has 7 nitrogen and oxygen atoms in total. The zero-order valence-electron chi connectivity index (χ0n) is 17.6. The Bertz CT molecular complexity index is 953. The molecule has 1 saturated heterocycles. The van der Waals surface area contributed by atoms with Gasteiger partial charge in [-0.1, -0.05) is 36.4 Å². The molecule has 1 heterocycles. The highest BCUT2D eigenvalue weighted by atomic mass is 32.2. The standard InChI is InChI=1S/C22H30N4O3S/c1-23-22(24-15-18-7-9-21(10-8-18)30(2,27)28)25-16-19-5-3-4-6-20(19)17-26-11-13-29-14-12-26/h3-10H,11-17H2,1-2H3,(H2,23,24,25). The van der Waals surface area contributed by atoms with Crippen molar-refractivity contribution in [3.05, 3.63) is 65.2 Å². The van der Waals surface area contributed by atoms with E-state index in [1.165, 1.54) is 17.4 Å². The topological polar surface area (TPSA) is 83.0 Å². The van der Waals surface area contributed by atoms with Crippen LogP contribution in [-0.4, -0.2) is 58.9 Å². The van der Waals surface area contributed by atoms with Crippen molar-refractivity contribution in [2.45, 2.75) is 24.5 Å². The molecule has 1 fully saturated rings. The summed E-state index contributed by atoms with van der Waals surface area (Å²) in [7, 11) is -1.44. The smallest absolute Gasteiger partial charge is 0.191 e. The molecule has 2 aromatic rings. The van der Waals surface area contributed by atoms with Crippen LogP contribution >= 0.6 is 0 Å². The second-order valence-corrected chi connectivity index (χ2v) is 9.37. The highest BCUT2D eigenvalue weighted by Crippen LogP contribution is 2.13. The van der Waals surface area contributed by atoms with E-state index >= 15 is 0 Å². The lowest BCUT2D eigenvalue weighted by molar-refractivity contribution is 0.0341. The lowest BCUT2D eigenvalue weighted by atomic mass is 10.1. The molecule has 1 aliphatic rings.